The van der Waals surface area contributed by atoms with Crippen LogP contribution in [0.5, 0.6) is 0 Å². The van der Waals surface area contributed by atoms with Gasteiger partial charge in [-0.1, -0.05) is 48.9 Å². The molecular weight excluding hydrogens is 336 g/mol. The molecule has 8 nitrogen and oxygen atoms in total. The molecule has 0 saturated heterocycles. The number of aryl methyl sites for hydroxylation is 1. The average molecular weight is 360 g/mol. The Bertz CT molecular complexity index is 717. The number of nitro groups is 1. The van der Waals surface area contributed by atoms with Crippen molar-refractivity contribution in [2.75, 3.05) is 13.2 Å². The molecule has 2 aromatic rings. The summed E-state index contributed by atoms with van der Waals surface area (Å²) in [4.78, 5) is 23.5. The fourth-order valence-electron chi connectivity index (χ4n) is 2.85. The van der Waals surface area contributed by atoms with E-state index in [9.17, 15) is 14.9 Å². The highest BCUT2D eigenvalue weighted by molar-refractivity contribution is 5.75. The van der Waals surface area contributed by atoms with Crippen LogP contribution in [0.25, 0.3) is 0 Å². The molecule has 140 valence electrons. The topological polar surface area (TPSA) is 100 Å². The largest absolute Gasteiger partial charge is 0.464 e. The third-order valence-electron chi connectivity index (χ3n) is 4.11. The normalized spacial score (nSPS) is 13.2. The van der Waals surface area contributed by atoms with E-state index < -0.39 is 29.4 Å². The fraction of sp³-hybridized carbons (Fsp3) is 0.500. The summed E-state index contributed by atoms with van der Waals surface area (Å²) in [7, 11) is 0. The predicted octanol–water partition coefficient (Wildman–Crippen LogP) is 2.79. The van der Waals surface area contributed by atoms with Gasteiger partial charge in [-0.15, -0.1) is 5.10 Å². The zero-order valence-electron chi connectivity index (χ0n) is 15.1. The highest BCUT2D eigenvalue weighted by Crippen LogP contribution is 2.30. The first-order valence-corrected chi connectivity index (χ1v) is 8.80. The SMILES string of the molecule is CCCCc1cn([C@H](C(=O)OCC)[C@@H](C[N+](=O)[O-])c2ccccc2)nn1. The minimum absolute atomic E-state index is 0.187. The lowest BCUT2D eigenvalue weighted by Crippen LogP contribution is -2.32. The fourth-order valence-corrected chi connectivity index (χ4v) is 2.85. The molecule has 1 aromatic heterocycles. The lowest BCUT2D eigenvalue weighted by atomic mass is 9.91. The summed E-state index contributed by atoms with van der Waals surface area (Å²) in [6, 6.07) is 8.01. The van der Waals surface area contributed by atoms with Crippen LogP contribution < -0.4 is 0 Å². The van der Waals surface area contributed by atoms with Crippen LogP contribution in [0.2, 0.25) is 0 Å². The third-order valence-corrected chi connectivity index (χ3v) is 4.11. The molecule has 2 atom stereocenters. The number of carbonyl (C=O) groups is 1. The van der Waals surface area contributed by atoms with Gasteiger partial charge in [0.2, 0.25) is 6.54 Å². The van der Waals surface area contributed by atoms with Crippen molar-refractivity contribution in [3.05, 3.63) is 57.9 Å². The minimum Gasteiger partial charge on any atom is -0.464 e. The van der Waals surface area contributed by atoms with Crippen molar-refractivity contribution in [1.29, 1.82) is 0 Å². The molecule has 0 saturated carbocycles. The molecule has 8 heteroatoms. The Morgan fingerprint density at radius 1 is 1.31 bits per heavy atom. The summed E-state index contributed by atoms with van der Waals surface area (Å²) >= 11 is 0. The molecule has 2 rings (SSSR count). The molecular formula is C18H24N4O4. The van der Waals surface area contributed by atoms with Crippen LogP contribution in [-0.4, -0.2) is 39.0 Å². The van der Waals surface area contributed by atoms with Gasteiger partial charge >= 0.3 is 5.97 Å². The van der Waals surface area contributed by atoms with Gasteiger partial charge in [0, 0.05) is 11.1 Å². The summed E-state index contributed by atoms with van der Waals surface area (Å²) < 4.78 is 6.59. The van der Waals surface area contributed by atoms with E-state index in [0.717, 1.165) is 25.0 Å². The van der Waals surface area contributed by atoms with Crippen LogP contribution in [0.15, 0.2) is 36.5 Å². The molecule has 0 aliphatic carbocycles. The van der Waals surface area contributed by atoms with E-state index in [1.807, 2.05) is 6.07 Å². The van der Waals surface area contributed by atoms with Crippen molar-refractivity contribution in [1.82, 2.24) is 15.0 Å². The number of unbranched alkanes of at least 4 members (excludes halogenated alkanes) is 1. The summed E-state index contributed by atoms with van der Waals surface area (Å²) in [5, 5.41) is 19.4. The number of esters is 1. The van der Waals surface area contributed by atoms with Crippen molar-refractivity contribution in [3.8, 4) is 0 Å². The zero-order chi connectivity index (χ0) is 18.9. The first kappa shape index (κ1) is 19.6. The second-order valence-corrected chi connectivity index (χ2v) is 6.02. The molecule has 0 bridgehead atoms. The predicted molar refractivity (Wildman–Crippen MR) is 95.3 cm³/mol. The molecule has 1 aromatic carbocycles. The van der Waals surface area contributed by atoms with Crippen LogP contribution in [0, 0.1) is 10.1 Å². The van der Waals surface area contributed by atoms with Crippen LogP contribution in [0.1, 0.15) is 49.9 Å². The zero-order valence-corrected chi connectivity index (χ0v) is 15.1. The number of carbonyl (C=O) groups excluding carboxylic acids is 1. The highest BCUT2D eigenvalue weighted by Gasteiger charge is 2.37. The first-order chi connectivity index (χ1) is 12.6. The number of aromatic nitrogens is 3. The number of rotatable bonds is 10. The molecule has 1 heterocycles. The molecule has 0 unspecified atom stereocenters. The van der Waals surface area contributed by atoms with Crippen molar-refractivity contribution in [3.63, 3.8) is 0 Å². The maximum atomic E-state index is 12.6. The monoisotopic (exact) mass is 360 g/mol. The van der Waals surface area contributed by atoms with Gasteiger partial charge in [0.1, 0.15) is 0 Å². The van der Waals surface area contributed by atoms with Gasteiger partial charge in [0.05, 0.1) is 18.2 Å². The Labute approximate surface area is 152 Å². The maximum absolute atomic E-state index is 12.6. The quantitative estimate of drug-likeness (QED) is 0.367. The van der Waals surface area contributed by atoms with Crippen LogP contribution in [-0.2, 0) is 16.0 Å². The van der Waals surface area contributed by atoms with Gasteiger partial charge in [-0.3, -0.25) is 10.1 Å². The second kappa shape index (κ2) is 9.65. The second-order valence-electron chi connectivity index (χ2n) is 6.02. The smallest absolute Gasteiger partial charge is 0.331 e. The molecule has 0 radical (unpaired) electrons. The molecule has 0 fully saturated rings. The van der Waals surface area contributed by atoms with E-state index in [-0.39, 0.29) is 6.61 Å². The van der Waals surface area contributed by atoms with Gasteiger partial charge in [0.15, 0.2) is 6.04 Å². The van der Waals surface area contributed by atoms with Gasteiger partial charge in [-0.2, -0.15) is 0 Å². The Morgan fingerprint density at radius 2 is 2.04 bits per heavy atom. The third kappa shape index (κ3) is 5.11. The summed E-state index contributed by atoms with van der Waals surface area (Å²) in [5.74, 6) is -1.25. The lowest BCUT2D eigenvalue weighted by molar-refractivity contribution is -0.484. The number of nitrogens with zero attached hydrogens (tertiary/aromatic N) is 4. The Balaban J connectivity index is 2.41. The van der Waals surface area contributed by atoms with Crippen LogP contribution in [0.3, 0.4) is 0 Å². The summed E-state index contributed by atoms with van der Waals surface area (Å²) in [6.45, 7) is 3.56. The Hall–Kier alpha value is -2.77. The first-order valence-electron chi connectivity index (χ1n) is 8.80. The molecule has 0 aliphatic heterocycles. The van der Waals surface area contributed by atoms with Crippen molar-refractivity contribution in [2.45, 2.75) is 45.1 Å². The molecule has 0 aliphatic rings. The number of hydrogen-bond acceptors (Lipinski definition) is 6. The van der Waals surface area contributed by atoms with Crippen molar-refractivity contribution in [2.24, 2.45) is 0 Å². The van der Waals surface area contributed by atoms with Gasteiger partial charge in [-0.05, 0) is 25.3 Å². The van der Waals surface area contributed by atoms with E-state index in [4.69, 9.17) is 4.74 Å². The molecule has 0 amide bonds. The van der Waals surface area contributed by atoms with Gasteiger partial charge in [-0.25, -0.2) is 9.48 Å². The van der Waals surface area contributed by atoms with Crippen LogP contribution >= 0.6 is 0 Å². The van der Waals surface area contributed by atoms with Crippen molar-refractivity contribution >= 4 is 5.97 Å². The molecule has 0 spiro atoms. The highest BCUT2D eigenvalue weighted by atomic mass is 16.6. The Morgan fingerprint density at radius 3 is 2.65 bits per heavy atom. The standard InChI is InChI=1S/C18H24N4O4/c1-3-5-11-15-12-21(20-19-15)17(18(23)26-4-2)16(13-22(24)25)14-9-7-6-8-10-14/h6-10,12,16-17H,3-5,11,13H2,1-2H3/t16-,17-/m0/s1. The lowest BCUT2D eigenvalue weighted by Gasteiger charge is -2.23. The maximum Gasteiger partial charge on any atom is 0.331 e. The average Bonchev–Trinajstić information content (AvgIpc) is 3.08. The minimum atomic E-state index is -0.939. The van der Waals surface area contributed by atoms with E-state index in [0.29, 0.717) is 5.56 Å². The number of benzene rings is 1. The van der Waals surface area contributed by atoms with Crippen LogP contribution in [0.4, 0.5) is 0 Å². The number of hydrogen-bond donors (Lipinski definition) is 0. The van der Waals surface area contributed by atoms with E-state index in [1.54, 1.807) is 37.4 Å². The van der Waals surface area contributed by atoms with E-state index in [1.165, 1.54) is 4.68 Å². The van der Waals surface area contributed by atoms with E-state index >= 15 is 0 Å². The Kier molecular flexibility index (Phi) is 7.25. The number of ether oxygens (including phenoxy) is 1. The van der Waals surface area contributed by atoms with Gasteiger partial charge in [0.25, 0.3) is 0 Å². The summed E-state index contributed by atoms with van der Waals surface area (Å²) in [5.41, 5.74) is 1.45. The van der Waals surface area contributed by atoms with Gasteiger partial charge < -0.3 is 4.74 Å². The van der Waals surface area contributed by atoms with E-state index in [2.05, 4.69) is 17.2 Å². The summed E-state index contributed by atoms with van der Waals surface area (Å²) in [6.07, 6.45) is 4.41. The molecule has 26 heavy (non-hydrogen) atoms. The molecule has 0 N–H and O–H groups in total. The van der Waals surface area contributed by atoms with Crippen molar-refractivity contribution < 1.29 is 14.5 Å².